The summed E-state index contributed by atoms with van der Waals surface area (Å²) in [7, 11) is 0. The largest absolute Gasteiger partial charge is 0.296 e. The quantitative estimate of drug-likeness (QED) is 0.629. The second kappa shape index (κ2) is 5.58. The molecule has 1 nitrogen and oxygen atoms in total. The van der Waals surface area contributed by atoms with E-state index in [0.29, 0.717) is 0 Å². The van der Waals surface area contributed by atoms with Crippen LogP contribution < -0.4 is 0 Å². The van der Waals surface area contributed by atoms with Crippen LogP contribution in [0.1, 0.15) is 67.9 Å². The molecular weight excluding hydrogens is 146 g/mol. The summed E-state index contributed by atoms with van der Waals surface area (Å²) in [5.41, 5.74) is 0. The second-order valence-corrected chi connectivity index (χ2v) is 3.33. The lowest BCUT2D eigenvalue weighted by molar-refractivity contribution is 0.106. The van der Waals surface area contributed by atoms with Crippen LogP contribution >= 0.6 is 0 Å². The monoisotopic (exact) mass is 181 g/mol. The van der Waals surface area contributed by atoms with Crippen molar-refractivity contribution in [3.63, 3.8) is 0 Å². The molecule has 12 heavy (non-hydrogen) atoms. The average Bonchev–Trinajstić information content (AvgIpc) is 2.20. The van der Waals surface area contributed by atoms with Crippen molar-refractivity contribution in [2.24, 2.45) is 0 Å². The van der Waals surface area contributed by atoms with Gasteiger partial charge in [0.15, 0.2) is 0 Å². The van der Waals surface area contributed by atoms with Gasteiger partial charge in [0.25, 0.3) is 0 Å². The van der Waals surface area contributed by atoms with Gasteiger partial charge in [-0.1, -0.05) is 13.7 Å². The summed E-state index contributed by atoms with van der Waals surface area (Å²) >= 11 is 0. The first kappa shape index (κ1) is 3.27. The summed E-state index contributed by atoms with van der Waals surface area (Å²) in [5, 5.41) is 0. The highest BCUT2D eigenvalue weighted by Gasteiger charge is 2.20. The van der Waals surface area contributed by atoms with Gasteiger partial charge in [-0.05, 0) is 40.4 Å². The van der Waals surface area contributed by atoms with Crippen molar-refractivity contribution in [3.05, 3.63) is 0 Å². The molecule has 0 aromatic rings. The van der Waals surface area contributed by atoms with E-state index in [1.54, 1.807) is 27.7 Å². The SMILES string of the molecule is [2H]C([2H])([2H])C([2H])([2H])C(N(C(C)C)C(C)C)C([2H])([2H])C([2H])([2H])[2H]. The summed E-state index contributed by atoms with van der Waals surface area (Å²) in [5.74, 6) is 0. The van der Waals surface area contributed by atoms with Gasteiger partial charge in [0, 0.05) is 31.8 Å². The first-order valence-corrected chi connectivity index (χ1v) is 4.16. The lowest BCUT2D eigenvalue weighted by Gasteiger charge is -2.37. The Bertz CT molecular complexity index is 334. The van der Waals surface area contributed by atoms with E-state index < -0.39 is 44.6 Å². The molecule has 0 N–H and O–H groups in total. The average molecular weight is 181 g/mol. The van der Waals surface area contributed by atoms with Crippen LogP contribution in [0.25, 0.3) is 0 Å². The normalized spacial score (nSPS) is 29.3. The third-order valence-corrected chi connectivity index (χ3v) is 1.76. The maximum absolute atomic E-state index is 7.96. The molecular formula is C11H25N. The van der Waals surface area contributed by atoms with Gasteiger partial charge < -0.3 is 0 Å². The minimum Gasteiger partial charge on any atom is -0.296 e. The lowest BCUT2D eigenvalue weighted by Crippen LogP contribution is -2.44. The molecule has 0 saturated heterocycles. The summed E-state index contributed by atoms with van der Waals surface area (Å²) < 4.78 is 76.3. The van der Waals surface area contributed by atoms with Gasteiger partial charge in [-0.15, -0.1) is 0 Å². The van der Waals surface area contributed by atoms with Gasteiger partial charge >= 0.3 is 0 Å². The van der Waals surface area contributed by atoms with E-state index in [0.717, 1.165) is 0 Å². The predicted octanol–water partition coefficient (Wildman–Crippen LogP) is 3.29. The van der Waals surface area contributed by atoms with Gasteiger partial charge in [0.05, 0.1) is 0 Å². The molecule has 0 aliphatic rings. The minimum absolute atomic E-state index is 0.431. The van der Waals surface area contributed by atoms with Gasteiger partial charge in [-0.3, -0.25) is 4.90 Å². The topological polar surface area (TPSA) is 3.24 Å². The van der Waals surface area contributed by atoms with E-state index in [1.165, 1.54) is 4.90 Å². The lowest BCUT2D eigenvalue weighted by atomic mass is 10.1. The van der Waals surface area contributed by atoms with Crippen molar-refractivity contribution < 1.29 is 13.7 Å². The molecule has 0 aliphatic heterocycles. The fraction of sp³-hybridized carbons (Fsp3) is 1.00. The molecule has 0 spiro atoms. The van der Waals surface area contributed by atoms with Crippen LogP contribution in [0.3, 0.4) is 0 Å². The molecule has 1 heteroatoms. The van der Waals surface area contributed by atoms with E-state index in [-0.39, 0.29) is 0 Å². The smallest absolute Gasteiger partial charge is 0.0280 e. The van der Waals surface area contributed by atoms with Gasteiger partial charge in [0.1, 0.15) is 0 Å². The number of hydrogen-bond donors (Lipinski definition) is 0. The molecule has 0 aromatic heterocycles. The van der Waals surface area contributed by atoms with Crippen molar-refractivity contribution in [2.75, 3.05) is 0 Å². The van der Waals surface area contributed by atoms with Crippen molar-refractivity contribution in [1.29, 1.82) is 0 Å². The van der Waals surface area contributed by atoms with Gasteiger partial charge in [-0.2, -0.15) is 0 Å². The summed E-state index contributed by atoms with van der Waals surface area (Å²) in [4.78, 5) is 1.29. The Balaban J connectivity index is 6.36. The first-order valence-electron chi connectivity index (χ1n) is 9.16. The highest BCUT2D eigenvalue weighted by Crippen LogP contribution is 2.15. The van der Waals surface area contributed by atoms with Crippen LogP contribution in [0.2, 0.25) is 0 Å². The molecule has 0 heterocycles. The van der Waals surface area contributed by atoms with Crippen LogP contribution in [0, 0.1) is 0 Å². The Morgan fingerprint density at radius 3 is 1.75 bits per heavy atom. The Morgan fingerprint density at radius 1 is 1.08 bits per heavy atom. The fourth-order valence-electron chi connectivity index (χ4n) is 1.38. The van der Waals surface area contributed by atoms with E-state index in [9.17, 15) is 0 Å². The summed E-state index contributed by atoms with van der Waals surface area (Å²) in [6, 6.07) is -2.81. The molecule has 0 saturated carbocycles. The molecule has 0 radical (unpaired) electrons. The van der Waals surface area contributed by atoms with Crippen LogP contribution in [0.4, 0.5) is 0 Å². The summed E-state index contributed by atoms with van der Waals surface area (Å²) in [6.07, 6.45) is -6.06. The highest BCUT2D eigenvalue weighted by molar-refractivity contribution is 4.75. The Morgan fingerprint density at radius 2 is 1.50 bits per heavy atom. The second-order valence-electron chi connectivity index (χ2n) is 3.33. The minimum atomic E-state index is -3.15. The van der Waals surface area contributed by atoms with E-state index >= 15 is 0 Å². The Hall–Kier alpha value is -0.0400. The Labute approximate surface area is 92.2 Å². The van der Waals surface area contributed by atoms with Gasteiger partial charge in [-0.25, -0.2) is 0 Å². The zero-order valence-corrected chi connectivity index (χ0v) is 8.18. The first-order chi connectivity index (χ1) is 9.39. The number of hydrogen-bond acceptors (Lipinski definition) is 1. The molecule has 0 aliphatic carbocycles. The van der Waals surface area contributed by atoms with Crippen molar-refractivity contribution in [3.8, 4) is 0 Å². The van der Waals surface area contributed by atoms with Crippen molar-refractivity contribution in [2.45, 2.75) is 72.3 Å². The Kier molecular flexibility index (Phi) is 1.52. The zero-order chi connectivity index (χ0) is 18.3. The van der Waals surface area contributed by atoms with E-state index in [4.69, 9.17) is 13.7 Å². The molecule has 0 rings (SSSR count). The molecule has 0 atom stereocenters. The van der Waals surface area contributed by atoms with Crippen LogP contribution in [0.15, 0.2) is 0 Å². The van der Waals surface area contributed by atoms with Crippen LogP contribution in [0.5, 0.6) is 0 Å². The highest BCUT2D eigenvalue weighted by atomic mass is 15.2. The zero-order valence-electron chi connectivity index (χ0n) is 18.2. The molecule has 0 fully saturated rings. The molecule has 0 aromatic carbocycles. The van der Waals surface area contributed by atoms with E-state index in [2.05, 4.69) is 0 Å². The standard InChI is InChI=1S/C11H25N/c1-7-11(8-2)12(9(3)4)10(5)6/h9-11H,7-8H2,1-6H3/i1D3,2D3,7D2,8D2. The van der Waals surface area contributed by atoms with Crippen molar-refractivity contribution >= 4 is 0 Å². The third kappa shape index (κ3) is 3.14. The number of nitrogens with zero attached hydrogens (tertiary/aromatic N) is 1. The maximum atomic E-state index is 7.96. The van der Waals surface area contributed by atoms with Crippen LogP contribution in [-0.4, -0.2) is 23.0 Å². The summed E-state index contributed by atoms with van der Waals surface area (Å²) in [6.45, 7) is 0.295. The fourth-order valence-corrected chi connectivity index (χ4v) is 1.38. The third-order valence-electron chi connectivity index (χ3n) is 1.76. The molecule has 0 amide bonds. The van der Waals surface area contributed by atoms with Gasteiger partial charge in [0.2, 0.25) is 0 Å². The van der Waals surface area contributed by atoms with Crippen molar-refractivity contribution in [1.82, 2.24) is 4.90 Å². The predicted molar refractivity (Wildman–Crippen MR) is 56.5 cm³/mol. The molecule has 74 valence electrons. The number of rotatable bonds is 5. The van der Waals surface area contributed by atoms with E-state index in [1.807, 2.05) is 0 Å². The maximum Gasteiger partial charge on any atom is 0.0280 e. The molecule has 0 unspecified atom stereocenters. The molecule has 0 bridgehead atoms. The van der Waals surface area contributed by atoms with Crippen LogP contribution in [-0.2, 0) is 0 Å².